The first-order valence-corrected chi connectivity index (χ1v) is 9.69. The van der Waals surface area contributed by atoms with Gasteiger partial charge in [-0.05, 0) is 43.2 Å². The van der Waals surface area contributed by atoms with Crippen LogP contribution in [0.5, 0.6) is 0 Å². The Labute approximate surface area is 168 Å². The van der Waals surface area contributed by atoms with Crippen molar-refractivity contribution >= 4 is 34.4 Å². The van der Waals surface area contributed by atoms with Gasteiger partial charge in [-0.25, -0.2) is 9.97 Å². The molecule has 0 saturated carbocycles. The number of anilines is 2. The number of carbonyl (C=O) groups excluding carboxylic acids is 2. The van der Waals surface area contributed by atoms with E-state index in [-0.39, 0.29) is 23.8 Å². The average Bonchev–Trinajstić information content (AvgIpc) is 3.37. The Morgan fingerprint density at radius 2 is 2.07 bits per heavy atom. The molecule has 3 heterocycles. The lowest BCUT2D eigenvalue weighted by Crippen LogP contribution is -2.19. The molecule has 1 unspecified atom stereocenters. The molecule has 150 valence electrons. The summed E-state index contributed by atoms with van der Waals surface area (Å²) in [6.45, 7) is 4.35. The summed E-state index contributed by atoms with van der Waals surface area (Å²) in [6.07, 6.45) is 3.50. The lowest BCUT2D eigenvalue weighted by atomic mass is 10.2. The van der Waals surface area contributed by atoms with Crippen LogP contribution in [-0.4, -0.2) is 33.4 Å². The van der Waals surface area contributed by atoms with E-state index in [4.69, 9.17) is 4.74 Å². The molecule has 0 spiro atoms. The predicted octanol–water partition coefficient (Wildman–Crippen LogP) is 3.66. The van der Waals surface area contributed by atoms with Crippen LogP contribution in [0, 0.1) is 5.92 Å². The third-order valence-corrected chi connectivity index (χ3v) is 4.79. The molecule has 3 N–H and O–H groups in total. The number of pyridine rings is 1. The highest BCUT2D eigenvalue weighted by molar-refractivity contribution is 6.05. The van der Waals surface area contributed by atoms with Crippen LogP contribution in [-0.2, 0) is 9.53 Å². The predicted molar refractivity (Wildman–Crippen MR) is 110 cm³/mol. The summed E-state index contributed by atoms with van der Waals surface area (Å²) in [5.41, 5.74) is 2.72. The number of ether oxygens (including phenoxy) is 1. The number of nitrogens with one attached hydrogen (secondary N) is 3. The lowest BCUT2D eigenvalue weighted by Gasteiger charge is -2.09. The van der Waals surface area contributed by atoms with Gasteiger partial charge in [0.25, 0.3) is 5.91 Å². The Balaban J connectivity index is 1.49. The molecule has 1 aliphatic heterocycles. The zero-order valence-corrected chi connectivity index (χ0v) is 16.4. The Kier molecular flexibility index (Phi) is 5.26. The van der Waals surface area contributed by atoms with Crippen molar-refractivity contribution in [1.29, 1.82) is 0 Å². The molecule has 8 heteroatoms. The third-order valence-electron chi connectivity index (χ3n) is 4.79. The molecule has 1 aliphatic rings. The van der Waals surface area contributed by atoms with Crippen LogP contribution < -0.4 is 10.6 Å². The van der Waals surface area contributed by atoms with Crippen LogP contribution in [0.1, 0.15) is 49.0 Å². The monoisotopic (exact) mass is 393 g/mol. The van der Waals surface area contributed by atoms with Crippen LogP contribution in [0.2, 0.25) is 0 Å². The number of nitrogens with zero attached hydrogens (tertiary/aromatic N) is 2. The molecule has 1 fully saturated rings. The lowest BCUT2D eigenvalue weighted by molar-refractivity contribution is -0.118. The van der Waals surface area contributed by atoms with Crippen molar-refractivity contribution in [3.8, 4) is 0 Å². The van der Waals surface area contributed by atoms with Crippen molar-refractivity contribution < 1.29 is 14.3 Å². The number of hydrogen-bond acceptors (Lipinski definition) is 5. The average molecular weight is 393 g/mol. The van der Waals surface area contributed by atoms with E-state index in [9.17, 15) is 9.59 Å². The first-order chi connectivity index (χ1) is 14.0. The van der Waals surface area contributed by atoms with Gasteiger partial charge in [-0.15, -0.1) is 0 Å². The largest absolute Gasteiger partial charge is 0.370 e. The summed E-state index contributed by atoms with van der Waals surface area (Å²) in [5, 5.41) is 5.57. The highest BCUT2D eigenvalue weighted by atomic mass is 16.5. The third kappa shape index (κ3) is 4.27. The summed E-state index contributed by atoms with van der Waals surface area (Å²) in [7, 11) is 0. The molecule has 0 aliphatic carbocycles. The molecule has 1 saturated heterocycles. The van der Waals surface area contributed by atoms with E-state index in [1.807, 2.05) is 18.2 Å². The second-order valence-electron chi connectivity index (χ2n) is 7.38. The quantitative estimate of drug-likeness (QED) is 0.613. The van der Waals surface area contributed by atoms with Crippen molar-refractivity contribution in [3.05, 3.63) is 47.9 Å². The first-order valence-electron chi connectivity index (χ1n) is 9.69. The zero-order valence-electron chi connectivity index (χ0n) is 16.4. The molecule has 2 amide bonds. The number of carbonyl (C=O) groups is 2. The molecular weight excluding hydrogens is 370 g/mol. The second kappa shape index (κ2) is 8.00. The van der Waals surface area contributed by atoms with Gasteiger partial charge >= 0.3 is 0 Å². The van der Waals surface area contributed by atoms with E-state index in [0.29, 0.717) is 17.1 Å². The van der Waals surface area contributed by atoms with Gasteiger partial charge in [0.15, 0.2) is 0 Å². The number of fused-ring (bicyclic) bond motifs is 1. The minimum absolute atomic E-state index is 0.0109. The Bertz CT molecular complexity index is 1050. The van der Waals surface area contributed by atoms with Crippen LogP contribution in [0.4, 0.5) is 11.5 Å². The number of aromatic nitrogens is 3. The molecule has 0 bridgehead atoms. The highest BCUT2D eigenvalue weighted by Gasteiger charge is 2.21. The van der Waals surface area contributed by atoms with Crippen LogP contribution in [0.3, 0.4) is 0 Å². The van der Waals surface area contributed by atoms with Gasteiger partial charge in [0, 0.05) is 30.0 Å². The van der Waals surface area contributed by atoms with Gasteiger partial charge in [-0.1, -0.05) is 13.8 Å². The van der Waals surface area contributed by atoms with Gasteiger partial charge in [-0.2, -0.15) is 0 Å². The van der Waals surface area contributed by atoms with Gasteiger partial charge in [0.05, 0.1) is 11.0 Å². The molecule has 3 aromatic rings. The van der Waals surface area contributed by atoms with E-state index < -0.39 is 0 Å². The molecule has 2 aromatic heterocycles. The summed E-state index contributed by atoms with van der Waals surface area (Å²) >= 11 is 0. The van der Waals surface area contributed by atoms with Crippen LogP contribution >= 0.6 is 0 Å². The minimum Gasteiger partial charge on any atom is -0.370 e. The van der Waals surface area contributed by atoms with E-state index in [1.54, 1.807) is 26.0 Å². The summed E-state index contributed by atoms with van der Waals surface area (Å²) in [5.74, 6) is 0.560. The van der Waals surface area contributed by atoms with E-state index >= 15 is 0 Å². The Morgan fingerprint density at radius 1 is 1.21 bits per heavy atom. The zero-order chi connectivity index (χ0) is 20.4. The number of aromatic amines is 1. The molecule has 1 atom stereocenters. The van der Waals surface area contributed by atoms with Crippen molar-refractivity contribution in [2.24, 2.45) is 5.92 Å². The fourth-order valence-corrected chi connectivity index (χ4v) is 3.17. The fourth-order valence-electron chi connectivity index (χ4n) is 3.17. The number of rotatable bonds is 5. The fraction of sp³-hybridized carbons (Fsp3) is 0.333. The topological polar surface area (TPSA) is 109 Å². The number of imidazole rings is 1. The van der Waals surface area contributed by atoms with Crippen LogP contribution in [0.15, 0.2) is 36.5 Å². The molecule has 29 heavy (non-hydrogen) atoms. The summed E-state index contributed by atoms with van der Waals surface area (Å²) < 4.78 is 5.68. The van der Waals surface area contributed by atoms with Crippen molar-refractivity contribution in [2.45, 2.75) is 32.8 Å². The maximum absolute atomic E-state index is 12.6. The molecular formula is C21H23N5O3. The van der Waals surface area contributed by atoms with Crippen molar-refractivity contribution in [1.82, 2.24) is 15.0 Å². The Morgan fingerprint density at radius 3 is 2.83 bits per heavy atom. The van der Waals surface area contributed by atoms with E-state index in [0.717, 1.165) is 36.3 Å². The smallest absolute Gasteiger partial charge is 0.255 e. The molecule has 4 rings (SSSR count). The SMILES string of the molecule is CC(C)C(=O)Nc1cc(C(=O)Nc2ccc3nc(C4CCCO4)[nH]c3c2)ccn1. The van der Waals surface area contributed by atoms with Crippen molar-refractivity contribution in [2.75, 3.05) is 17.2 Å². The van der Waals surface area contributed by atoms with E-state index in [1.165, 1.54) is 6.20 Å². The number of H-pyrrole nitrogens is 1. The molecule has 8 nitrogen and oxygen atoms in total. The van der Waals surface area contributed by atoms with E-state index in [2.05, 4.69) is 25.6 Å². The maximum atomic E-state index is 12.6. The Hall–Kier alpha value is -3.26. The van der Waals surface area contributed by atoms with Crippen LogP contribution in [0.25, 0.3) is 11.0 Å². The van der Waals surface area contributed by atoms with Gasteiger partial charge in [0.2, 0.25) is 5.91 Å². The summed E-state index contributed by atoms with van der Waals surface area (Å²) in [6, 6.07) is 8.68. The molecule has 0 radical (unpaired) electrons. The summed E-state index contributed by atoms with van der Waals surface area (Å²) in [4.78, 5) is 36.4. The van der Waals surface area contributed by atoms with Crippen molar-refractivity contribution in [3.63, 3.8) is 0 Å². The van der Waals surface area contributed by atoms with Gasteiger partial charge < -0.3 is 20.4 Å². The highest BCUT2D eigenvalue weighted by Crippen LogP contribution is 2.28. The van der Waals surface area contributed by atoms with Gasteiger partial charge in [0.1, 0.15) is 17.7 Å². The maximum Gasteiger partial charge on any atom is 0.255 e. The second-order valence-corrected chi connectivity index (χ2v) is 7.38. The standard InChI is InChI=1S/C21H23N5O3/c1-12(2)20(27)26-18-10-13(7-8-22-18)21(28)23-14-5-6-15-16(11-14)25-19(24-15)17-4-3-9-29-17/h5-8,10-12,17H,3-4,9H2,1-2H3,(H,23,28)(H,24,25)(H,22,26,27). The number of hydrogen-bond donors (Lipinski definition) is 3. The first kappa shape index (κ1) is 19.1. The normalized spacial score (nSPS) is 16.3. The number of benzene rings is 1. The van der Waals surface area contributed by atoms with Gasteiger partial charge in [-0.3, -0.25) is 9.59 Å². The number of amides is 2. The minimum atomic E-state index is -0.286. The molecule has 1 aromatic carbocycles.